The zero-order valence-corrected chi connectivity index (χ0v) is 17.3. The summed E-state index contributed by atoms with van der Waals surface area (Å²) in [7, 11) is 0. The third-order valence-electron chi connectivity index (χ3n) is 5.44. The van der Waals surface area contributed by atoms with Gasteiger partial charge >= 0.3 is 0 Å². The van der Waals surface area contributed by atoms with E-state index in [0.29, 0.717) is 6.61 Å². The third-order valence-corrected chi connectivity index (χ3v) is 5.44. The minimum atomic E-state index is 0.702. The van der Waals surface area contributed by atoms with Crippen LogP contribution in [0.1, 0.15) is 77.2 Å². The minimum absolute atomic E-state index is 0.702. The largest absolute Gasteiger partial charge is 0.494 e. The van der Waals surface area contributed by atoms with Crippen molar-refractivity contribution >= 4 is 6.08 Å². The maximum Gasteiger partial charge on any atom is 0.119 e. The van der Waals surface area contributed by atoms with Gasteiger partial charge in [-0.05, 0) is 80.4 Å². The van der Waals surface area contributed by atoms with Gasteiger partial charge in [0.25, 0.3) is 0 Å². The summed E-state index contributed by atoms with van der Waals surface area (Å²) < 4.78 is 5.45. The number of unbranched alkanes of at least 4 members (excludes halogenated alkanes) is 3. The van der Waals surface area contributed by atoms with E-state index in [1.165, 1.54) is 57.8 Å². The molecule has 1 aromatic carbocycles. The molecule has 0 unspecified atom stereocenters. The molecular formula is C26H36O. The highest BCUT2D eigenvalue weighted by atomic mass is 16.5. The third kappa shape index (κ3) is 9.00. The van der Waals surface area contributed by atoms with E-state index in [9.17, 15) is 0 Å². The molecule has 1 nitrogen and oxygen atoms in total. The zero-order chi connectivity index (χ0) is 19.2. The Hall–Kier alpha value is -1.94. The van der Waals surface area contributed by atoms with Crippen molar-refractivity contribution < 1.29 is 4.74 Å². The fourth-order valence-electron chi connectivity index (χ4n) is 3.79. The first-order chi connectivity index (χ1) is 13.3. The first-order valence-corrected chi connectivity index (χ1v) is 10.9. The lowest BCUT2D eigenvalue weighted by atomic mass is 9.79. The average molecular weight is 365 g/mol. The SMILES string of the molecule is CCCCCCC1CCC(C=CC#CC=Cc2ccc(OCC)cc2)CC1. The molecule has 0 N–H and O–H groups in total. The Balaban J connectivity index is 1.65. The Kier molecular flexibility index (Phi) is 10.5. The molecule has 27 heavy (non-hydrogen) atoms. The molecule has 1 aromatic rings. The number of rotatable bonds is 9. The van der Waals surface area contributed by atoms with Gasteiger partial charge < -0.3 is 4.74 Å². The Morgan fingerprint density at radius 1 is 0.926 bits per heavy atom. The first kappa shape index (κ1) is 21.4. The fraction of sp³-hybridized carbons (Fsp3) is 0.538. The summed E-state index contributed by atoms with van der Waals surface area (Å²) in [5, 5.41) is 0. The summed E-state index contributed by atoms with van der Waals surface area (Å²) >= 11 is 0. The van der Waals surface area contributed by atoms with Crippen LogP contribution in [0, 0.1) is 23.7 Å². The molecule has 0 heterocycles. The molecular weight excluding hydrogens is 328 g/mol. The van der Waals surface area contributed by atoms with Gasteiger partial charge in [-0.25, -0.2) is 0 Å². The number of allylic oxidation sites excluding steroid dienone is 3. The van der Waals surface area contributed by atoms with E-state index in [1.807, 2.05) is 31.2 Å². The molecule has 146 valence electrons. The summed E-state index contributed by atoms with van der Waals surface area (Å²) in [6.07, 6.45) is 20.9. The van der Waals surface area contributed by atoms with Crippen LogP contribution in [0.5, 0.6) is 5.75 Å². The van der Waals surface area contributed by atoms with Crippen LogP contribution in [0.15, 0.2) is 42.5 Å². The van der Waals surface area contributed by atoms with Crippen molar-refractivity contribution in [2.45, 2.75) is 71.6 Å². The zero-order valence-electron chi connectivity index (χ0n) is 17.3. The van der Waals surface area contributed by atoms with Crippen molar-refractivity contribution in [3.8, 4) is 17.6 Å². The van der Waals surface area contributed by atoms with Gasteiger partial charge in [-0.3, -0.25) is 0 Å². The summed E-state index contributed by atoms with van der Waals surface area (Å²) in [6, 6.07) is 8.10. The predicted molar refractivity (Wildman–Crippen MR) is 118 cm³/mol. The van der Waals surface area contributed by atoms with Crippen molar-refractivity contribution in [1.82, 2.24) is 0 Å². The van der Waals surface area contributed by atoms with Crippen molar-refractivity contribution in [3.05, 3.63) is 48.1 Å². The maximum atomic E-state index is 5.45. The molecule has 0 radical (unpaired) electrons. The summed E-state index contributed by atoms with van der Waals surface area (Å²) in [6.45, 7) is 4.99. The monoisotopic (exact) mass is 364 g/mol. The molecule has 2 rings (SSSR count). The van der Waals surface area contributed by atoms with Crippen LogP contribution < -0.4 is 4.74 Å². The Morgan fingerprint density at radius 3 is 2.37 bits per heavy atom. The highest BCUT2D eigenvalue weighted by molar-refractivity contribution is 5.54. The smallest absolute Gasteiger partial charge is 0.119 e. The Morgan fingerprint density at radius 2 is 1.67 bits per heavy atom. The molecule has 0 saturated heterocycles. The van der Waals surface area contributed by atoms with Crippen LogP contribution in [0.3, 0.4) is 0 Å². The maximum absolute atomic E-state index is 5.45. The van der Waals surface area contributed by atoms with Crippen LogP contribution >= 0.6 is 0 Å². The second-order valence-electron chi connectivity index (χ2n) is 7.61. The minimum Gasteiger partial charge on any atom is -0.494 e. The number of hydrogen-bond donors (Lipinski definition) is 0. The molecule has 0 atom stereocenters. The van der Waals surface area contributed by atoms with E-state index in [0.717, 1.165) is 23.1 Å². The highest BCUT2D eigenvalue weighted by Gasteiger charge is 2.18. The van der Waals surface area contributed by atoms with E-state index in [-0.39, 0.29) is 0 Å². The lowest BCUT2D eigenvalue weighted by Crippen LogP contribution is -2.12. The molecule has 1 saturated carbocycles. The summed E-state index contributed by atoms with van der Waals surface area (Å²) in [4.78, 5) is 0. The van der Waals surface area contributed by atoms with Crippen LogP contribution in [0.4, 0.5) is 0 Å². The van der Waals surface area contributed by atoms with E-state index in [2.05, 4.69) is 43.0 Å². The molecule has 1 aliphatic carbocycles. The lowest BCUT2D eigenvalue weighted by Gasteiger charge is -2.26. The first-order valence-electron chi connectivity index (χ1n) is 10.9. The Labute approximate surface area is 166 Å². The van der Waals surface area contributed by atoms with E-state index in [1.54, 1.807) is 0 Å². The van der Waals surface area contributed by atoms with Crippen LogP contribution in [-0.2, 0) is 0 Å². The number of hydrogen-bond acceptors (Lipinski definition) is 1. The molecule has 0 aliphatic heterocycles. The van der Waals surface area contributed by atoms with Gasteiger partial charge in [0.1, 0.15) is 5.75 Å². The summed E-state index contributed by atoms with van der Waals surface area (Å²) in [5.74, 6) is 8.90. The van der Waals surface area contributed by atoms with Crippen molar-refractivity contribution in [3.63, 3.8) is 0 Å². The van der Waals surface area contributed by atoms with Gasteiger partial charge in [-0.1, -0.05) is 69.1 Å². The molecule has 0 spiro atoms. The van der Waals surface area contributed by atoms with Crippen LogP contribution in [0.25, 0.3) is 6.08 Å². The standard InChI is InChI=1S/C26H36O/c1-3-5-6-9-12-23-15-17-24(18-16-23)13-10-7-8-11-14-25-19-21-26(22-20-25)27-4-2/h10-11,13-14,19-24H,3-6,9,12,15-18H2,1-2H3. The van der Waals surface area contributed by atoms with E-state index in [4.69, 9.17) is 4.74 Å². The second-order valence-corrected chi connectivity index (χ2v) is 7.61. The second kappa shape index (κ2) is 13.3. The quantitative estimate of drug-likeness (QED) is 0.327. The van der Waals surface area contributed by atoms with E-state index < -0.39 is 0 Å². The van der Waals surface area contributed by atoms with Gasteiger partial charge in [0, 0.05) is 0 Å². The van der Waals surface area contributed by atoms with E-state index >= 15 is 0 Å². The van der Waals surface area contributed by atoms with Gasteiger partial charge in [0.15, 0.2) is 0 Å². The lowest BCUT2D eigenvalue weighted by molar-refractivity contribution is 0.289. The molecule has 0 aromatic heterocycles. The molecule has 1 aliphatic rings. The van der Waals surface area contributed by atoms with Gasteiger partial charge in [0.05, 0.1) is 6.61 Å². The topological polar surface area (TPSA) is 9.23 Å². The molecule has 1 fully saturated rings. The van der Waals surface area contributed by atoms with Crippen molar-refractivity contribution in [2.24, 2.45) is 11.8 Å². The van der Waals surface area contributed by atoms with Gasteiger partial charge in [0.2, 0.25) is 0 Å². The molecule has 1 heteroatoms. The van der Waals surface area contributed by atoms with Gasteiger partial charge in [-0.2, -0.15) is 0 Å². The van der Waals surface area contributed by atoms with Crippen LogP contribution in [0.2, 0.25) is 0 Å². The normalized spacial score (nSPS) is 19.9. The number of ether oxygens (including phenoxy) is 1. The van der Waals surface area contributed by atoms with Gasteiger partial charge in [-0.15, -0.1) is 0 Å². The van der Waals surface area contributed by atoms with Crippen LogP contribution in [-0.4, -0.2) is 6.61 Å². The summed E-state index contributed by atoms with van der Waals surface area (Å²) in [5.41, 5.74) is 1.15. The average Bonchev–Trinajstić information content (AvgIpc) is 2.70. The fourth-order valence-corrected chi connectivity index (χ4v) is 3.79. The number of benzene rings is 1. The molecule has 0 bridgehead atoms. The van der Waals surface area contributed by atoms with Crippen molar-refractivity contribution in [2.75, 3.05) is 6.61 Å². The van der Waals surface area contributed by atoms with Crippen molar-refractivity contribution in [1.29, 1.82) is 0 Å². The molecule has 0 amide bonds. The predicted octanol–water partition coefficient (Wildman–Crippen LogP) is 7.43. The Bertz CT molecular complexity index is 618. The highest BCUT2D eigenvalue weighted by Crippen LogP contribution is 2.32.